The van der Waals surface area contributed by atoms with Crippen LogP contribution in [0, 0.1) is 0 Å². The van der Waals surface area contributed by atoms with Crippen molar-refractivity contribution in [3.05, 3.63) is 0 Å². The average Bonchev–Trinajstić information content (AvgIpc) is 2.91. The van der Waals surface area contributed by atoms with E-state index in [2.05, 4.69) is 14.9 Å². The van der Waals surface area contributed by atoms with Crippen LogP contribution in [0.25, 0.3) is 0 Å². The van der Waals surface area contributed by atoms with E-state index in [0.717, 1.165) is 17.1 Å². The Morgan fingerprint density at radius 3 is 1.96 bits per heavy atom. The Morgan fingerprint density at radius 2 is 1.54 bits per heavy atom. The Bertz CT molecular complexity index is 706. The lowest BCUT2D eigenvalue weighted by Crippen LogP contribution is -2.62. The lowest BCUT2D eigenvalue weighted by atomic mass is 10.2. The minimum Gasteiger partial charge on any atom is -0.295 e. The highest BCUT2D eigenvalue weighted by molar-refractivity contribution is 8.01. The van der Waals surface area contributed by atoms with Gasteiger partial charge in [0, 0.05) is 0 Å². The van der Waals surface area contributed by atoms with E-state index in [1.54, 1.807) is 6.92 Å². The van der Waals surface area contributed by atoms with Gasteiger partial charge < -0.3 is 0 Å². The van der Waals surface area contributed by atoms with Gasteiger partial charge in [-0.3, -0.25) is 14.8 Å². The van der Waals surface area contributed by atoms with Crippen molar-refractivity contribution in [1.82, 2.24) is 10.2 Å². The Hall–Kier alpha value is -1.43. The fourth-order valence-corrected chi connectivity index (χ4v) is 2.90. The van der Waals surface area contributed by atoms with E-state index >= 15 is 0 Å². The summed E-state index contributed by atoms with van der Waals surface area (Å²) < 4.78 is 142. The molecule has 1 N–H and O–H groups in total. The van der Waals surface area contributed by atoms with Gasteiger partial charge in [-0.25, -0.2) is 0 Å². The smallest absolute Gasteiger partial charge is 0.295 e. The highest BCUT2D eigenvalue weighted by atomic mass is 32.2. The van der Waals surface area contributed by atoms with Gasteiger partial charge in [-0.2, -0.15) is 48.3 Å². The summed E-state index contributed by atoms with van der Waals surface area (Å²) >= 11 is 1.30. The molecule has 0 fully saturated rings. The molecule has 1 atom stereocenters. The Kier molecular flexibility index (Phi) is 6.83. The molecule has 0 bridgehead atoms. The molecular weight excluding hydrogens is 467 g/mol. The topological polar surface area (TPSA) is 64.1 Å². The molecule has 0 spiro atoms. The Morgan fingerprint density at radius 1 is 1.00 bits per heavy atom. The van der Waals surface area contributed by atoms with Crippen LogP contribution in [0.2, 0.25) is 0 Å². The molecule has 28 heavy (non-hydrogen) atoms. The number of hydrogen-bond acceptors (Lipinski definition) is 6. The molecule has 1 aromatic heterocycles. The molecule has 0 radical (unpaired) electrons. The molecular formula is C10H6F11N3O2S2. The third-order valence-electron chi connectivity index (χ3n) is 2.54. The summed E-state index contributed by atoms with van der Waals surface area (Å²) in [5.74, 6) is -16.3. The van der Waals surface area contributed by atoms with Crippen molar-refractivity contribution in [3.63, 3.8) is 0 Å². The minimum atomic E-state index is -7.25. The molecule has 1 amide bonds. The number of carbonyl (C=O) groups excluding carboxylic acids is 1. The van der Waals surface area contributed by atoms with Crippen molar-refractivity contribution in [2.45, 2.75) is 41.5 Å². The largest absolute Gasteiger partial charge is 0.462 e. The SMILES string of the molecule is CCSc1nnc(NC(=O)[C@@](F)(OC(F)(F)C(F)(F)C(F)(F)F)C(F)(F)F)s1. The number of anilines is 1. The monoisotopic (exact) mass is 473 g/mol. The molecule has 0 aromatic carbocycles. The average molecular weight is 473 g/mol. The van der Waals surface area contributed by atoms with Crippen LogP contribution in [-0.4, -0.2) is 52.1 Å². The zero-order valence-electron chi connectivity index (χ0n) is 12.9. The fraction of sp³-hybridized carbons (Fsp3) is 0.700. The van der Waals surface area contributed by atoms with E-state index in [-0.39, 0.29) is 4.34 Å². The van der Waals surface area contributed by atoms with E-state index in [0.29, 0.717) is 17.1 Å². The van der Waals surface area contributed by atoms with Crippen molar-refractivity contribution in [1.29, 1.82) is 0 Å². The first-order chi connectivity index (χ1) is 12.4. The first-order valence-electron chi connectivity index (χ1n) is 6.45. The van der Waals surface area contributed by atoms with Crippen molar-refractivity contribution in [2.75, 3.05) is 11.1 Å². The molecule has 0 aliphatic carbocycles. The number of alkyl halides is 11. The van der Waals surface area contributed by atoms with Crippen LogP contribution in [0.5, 0.6) is 0 Å². The van der Waals surface area contributed by atoms with E-state index < -0.39 is 41.3 Å². The summed E-state index contributed by atoms with van der Waals surface area (Å²) in [7, 11) is 0. The van der Waals surface area contributed by atoms with Crippen LogP contribution in [-0.2, 0) is 9.53 Å². The summed E-state index contributed by atoms with van der Waals surface area (Å²) in [6.07, 6.45) is -21.0. The molecule has 1 aromatic rings. The second-order valence-corrected chi connectivity index (χ2v) is 7.03. The van der Waals surface area contributed by atoms with Crippen molar-refractivity contribution in [2.24, 2.45) is 0 Å². The molecule has 0 aliphatic rings. The molecule has 162 valence electrons. The molecule has 18 heteroatoms. The number of rotatable bonds is 7. The lowest BCUT2D eigenvalue weighted by molar-refractivity contribution is -0.472. The van der Waals surface area contributed by atoms with Crippen LogP contribution in [0.1, 0.15) is 6.92 Å². The summed E-state index contributed by atoms with van der Waals surface area (Å²) in [5.41, 5.74) is 0. The quantitative estimate of drug-likeness (QED) is 0.356. The highest BCUT2D eigenvalue weighted by Gasteiger charge is 2.79. The van der Waals surface area contributed by atoms with Gasteiger partial charge >= 0.3 is 36.1 Å². The van der Waals surface area contributed by atoms with Gasteiger partial charge in [0.25, 0.3) is 0 Å². The molecule has 0 aliphatic heterocycles. The van der Waals surface area contributed by atoms with Crippen LogP contribution in [0.3, 0.4) is 0 Å². The molecule has 5 nitrogen and oxygen atoms in total. The number of nitrogens with one attached hydrogen (secondary N) is 1. The van der Waals surface area contributed by atoms with Gasteiger partial charge in [0.1, 0.15) is 0 Å². The second-order valence-electron chi connectivity index (χ2n) is 4.54. The van der Waals surface area contributed by atoms with Gasteiger partial charge in [-0.05, 0) is 5.75 Å². The van der Waals surface area contributed by atoms with Crippen LogP contribution < -0.4 is 5.32 Å². The van der Waals surface area contributed by atoms with E-state index in [4.69, 9.17) is 0 Å². The minimum absolute atomic E-state index is 0.0316. The predicted octanol–water partition coefficient (Wildman–Crippen LogP) is 4.62. The van der Waals surface area contributed by atoms with E-state index in [1.165, 1.54) is 0 Å². The summed E-state index contributed by atoms with van der Waals surface area (Å²) in [4.78, 5) is 11.4. The summed E-state index contributed by atoms with van der Waals surface area (Å²) in [6.45, 7) is 1.61. The van der Waals surface area contributed by atoms with Crippen LogP contribution >= 0.6 is 23.1 Å². The molecule has 1 heterocycles. The molecule has 0 saturated carbocycles. The fourth-order valence-electron chi connectivity index (χ4n) is 1.26. The zero-order valence-corrected chi connectivity index (χ0v) is 14.5. The summed E-state index contributed by atoms with van der Waals surface area (Å²) in [5, 5.41) is 6.48. The molecule has 0 unspecified atom stereocenters. The van der Waals surface area contributed by atoms with E-state index in [9.17, 15) is 53.1 Å². The van der Waals surface area contributed by atoms with E-state index in [1.807, 2.05) is 0 Å². The molecule has 0 saturated heterocycles. The molecule has 1 rings (SSSR count). The maximum Gasteiger partial charge on any atom is 0.462 e. The maximum atomic E-state index is 14.0. The van der Waals surface area contributed by atoms with Crippen LogP contribution in [0.15, 0.2) is 4.34 Å². The third kappa shape index (κ3) is 4.76. The number of thioether (sulfide) groups is 1. The van der Waals surface area contributed by atoms with Gasteiger partial charge in [-0.1, -0.05) is 30.0 Å². The normalized spacial score (nSPS) is 16.0. The van der Waals surface area contributed by atoms with Gasteiger partial charge in [0.05, 0.1) is 0 Å². The summed E-state index contributed by atoms with van der Waals surface area (Å²) in [6, 6.07) is 0. The Labute approximate surface area is 155 Å². The number of halogens is 11. The second kappa shape index (κ2) is 7.77. The number of hydrogen-bond donors (Lipinski definition) is 1. The van der Waals surface area contributed by atoms with Crippen molar-refractivity contribution in [3.8, 4) is 0 Å². The zero-order chi connectivity index (χ0) is 22.2. The van der Waals surface area contributed by atoms with Gasteiger partial charge in [-0.15, -0.1) is 10.2 Å². The first kappa shape index (κ1) is 24.6. The first-order valence-corrected chi connectivity index (χ1v) is 8.25. The van der Waals surface area contributed by atoms with Crippen molar-refractivity contribution >= 4 is 34.1 Å². The van der Waals surface area contributed by atoms with Gasteiger partial charge in [0.2, 0.25) is 5.13 Å². The van der Waals surface area contributed by atoms with Gasteiger partial charge in [0.15, 0.2) is 4.34 Å². The maximum absolute atomic E-state index is 14.0. The lowest BCUT2D eigenvalue weighted by Gasteiger charge is -2.33. The number of carbonyl (C=O) groups is 1. The number of nitrogens with zero attached hydrogens (tertiary/aromatic N) is 2. The highest BCUT2D eigenvalue weighted by Crippen LogP contribution is 2.51. The van der Waals surface area contributed by atoms with Crippen molar-refractivity contribution < 1.29 is 57.8 Å². The standard InChI is InChI=1S/C10H6F11N3O2S2/c1-2-27-5-24-23-4(28-5)22-3(25)6(11,8(14,15)16)26-10(20,21)7(12,13)9(17,18)19/h2H2,1H3,(H,22,23,25)/t6-/m1/s1. The number of aromatic nitrogens is 2. The number of ether oxygens (including phenoxy) is 1. The number of amides is 1. The third-order valence-corrected chi connectivity index (χ3v) is 4.40. The Balaban J connectivity index is 3.22. The van der Waals surface area contributed by atoms with Crippen LogP contribution in [0.4, 0.5) is 53.4 Å². The predicted molar refractivity (Wildman–Crippen MR) is 71.9 cm³/mol.